The SMILES string of the molecule is CCCCC1C(=O)NN(c2ccnc3c(C(F)(F)F)cccc23)C1=O. The molecule has 1 aromatic heterocycles. The number of alkyl halides is 3. The topological polar surface area (TPSA) is 62.3 Å². The van der Waals surface area contributed by atoms with E-state index < -0.39 is 29.5 Å². The molecule has 25 heavy (non-hydrogen) atoms. The number of amides is 2. The predicted molar refractivity (Wildman–Crippen MR) is 85.4 cm³/mol. The molecule has 1 saturated heterocycles. The van der Waals surface area contributed by atoms with Gasteiger partial charge in [0, 0.05) is 11.6 Å². The van der Waals surface area contributed by atoms with Crippen molar-refractivity contribution in [2.45, 2.75) is 32.4 Å². The molecule has 0 spiro atoms. The third kappa shape index (κ3) is 3.04. The molecule has 2 heterocycles. The van der Waals surface area contributed by atoms with Gasteiger partial charge in [0.25, 0.3) is 11.8 Å². The van der Waals surface area contributed by atoms with E-state index in [9.17, 15) is 22.8 Å². The number of benzene rings is 1. The first-order chi connectivity index (χ1) is 11.8. The summed E-state index contributed by atoms with van der Waals surface area (Å²) in [6.45, 7) is 1.95. The molecule has 2 amide bonds. The molecule has 0 saturated carbocycles. The molecule has 3 rings (SSSR count). The number of rotatable bonds is 4. The number of fused-ring (bicyclic) bond motifs is 1. The molecular weight excluding hydrogens is 335 g/mol. The summed E-state index contributed by atoms with van der Waals surface area (Å²) in [6.07, 6.45) is -1.40. The van der Waals surface area contributed by atoms with Gasteiger partial charge in [-0.05, 0) is 18.6 Å². The molecule has 1 unspecified atom stereocenters. The fourth-order valence-corrected chi connectivity index (χ4v) is 2.94. The first-order valence-corrected chi connectivity index (χ1v) is 7.94. The Bertz CT molecular complexity index is 835. The van der Waals surface area contributed by atoms with Gasteiger partial charge in [0.2, 0.25) is 0 Å². The molecule has 1 N–H and O–H groups in total. The van der Waals surface area contributed by atoms with Gasteiger partial charge in [-0.3, -0.25) is 20.0 Å². The molecule has 5 nitrogen and oxygen atoms in total. The van der Waals surface area contributed by atoms with E-state index >= 15 is 0 Å². The maximum absolute atomic E-state index is 13.2. The summed E-state index contributed by atoms with van der Waals surface area (Å²) in [6, 6.07) is 5.06. The Morgan fingerprint density at radius 1 is 1.24 bits per heavy atom. The largest absolute Gasteiger partial charge is 0.418 e. The number of halogens is 3. The zero-order valence-electron chi connectivity index (χ0n) is 13.4. The van der Waals surface area contributed by atoms with Gasteiger partial charge in [0.15, 0.2) is 0 Å². The Morgan fingerprint density at radius 2 is 2.00 bits per heavy atom. The van der Waals surface area contributed by atoms with E-state index in [2.05, 4.69) is 10.4 Å². The summed E-state index contributed by atoms with van der Waals surface area (Å²) in [7, 11) is 0. The average molecular weight is 351 g/mol. The Labute approximate surface area is 141 Å². The highest BCUT2D eigenvalue weighted by Gasteiger charge is 2.40. The quantitative estimate of drug-likeness (QED) is 0.859. The zero-order chi connectivity index (χ0) is 18.2. The number of para-hydroxylation sites is 1. The molecule has 1 aliphatic rings. The lowest BCUT2D eigenvalue weighted by molar-refractivity contribution is -0.136. The third-order valence-corrected chi connectivity index (χ3v) is 4.20. The first-order valence-electron chi connectivity index (χ1n) is 7.94. The minimum Gasteiger partial charge on any atom is -0.272 e. The van der Waals surface area contributed by atoms with Crippen molar-refractivity contribution in [2.75, 3.05) is 5.01 Å². The van der Waals surface area contributed by atoms with Crippen LogP contribution in [-0.4, -0.2) is 16.8 Å². The molecule has 1 fully saturated rings. The van der Waals surface area contributed by atoms with Crippen molar-refractivity contribution in [2.24, 2.45) is 5.92 Å². The van der Waals surface area contributed by atoms with Crippen LogP contribution < -0.4 is 10.4 Å². The van der Waals surface area contributed by atoms with Crippen LogP contribution in [-0.2, 0) is 15.8 Å². The number of aromatic nitrogens is 1. The second-order valence-corrected chi connectivity index (χ2v) is 5.87. The standard InChI is InChI=1S/C17H16F3N3O2/c1-2-3-5-11-15(24)22-23(16(11)25)13-8-9-21-14-10(13)6-4-7-12(14)17(18,19)20/h4,6-9,11H,2-3,5H2,1H3,(H,22,24). The first kappa shape index (κ1) is 17.2. The van der Waals surface area contributed by atoms with Gasteiger partial charge in [-0.25, -0.2) is 5.01 Å². The third-order valence-electron chi connectivity index (χ3n) is 4.20. The summed E-state index contributed by atoms with van der Waals surface area (Å²) in [5, 5.41) is 1.19. The van der Waals surface area contributed by atoms with Gasteiger partial charge in [0.1, 0.15) is 5.92 Å². The molecule has 132 valence electrons. The van der Waals surface area contributed by atoms with E-state index in [1.54, 1.807) is 0 Å². The molecule has 2 aromatic rings. The highest BCUT2D eigenvalue weighted by atomic mass is 19.4. The van der Waals surface area contributed by atoms with Gasteiger partial charge in [-0.2, -0.15) is 13.2 Å². The van der Waals surface area contributed by atoms with Crippen LogP contribution in [0.3, 0.4) is 0 Å². The number of nitrogens with one attached hydrogen (secondary N) is 1. The van der Waals surface area contributed by atoms with Crippen molar-refractivity contribution >= 4 is 28.4 Å². The maximum Gasteiger partial charge on any atom is 0.418 e. The number of hydrogen-bond donors (Lipinski definition) is 1. The van der Waals surface area contributed by atoms with Crippen LogP contribution in [0.15, 0.2) is 30.5 Å². The number of pyridine rings is 1. The highest BCUT2D eigenvalue weighted by Crippen LogP contribution is 2.37. The van der Waals surface area contributed by atoms with Crippen LogP contribution in [0.25, 0.3) is 10.9 Å². The minimum absolute atomic E-state index is 0.155. The lowest BCUT2D eigenvalue weighted by Crippen LogP contribution is -2.36. The minimum atomic E-state index is -4.56. The Kier molecular flexibility index (Phi) is 4.36. The molecule has 1 atom stereocenters. The molecule has 1 aromatic carbocycles. The van der Waals surface area contributed by atoms with Crippen LogP contribution in [0.2, 0.25) is 0 Å². The average Bonchev–Trinajstić information content (AvgIpc) is 2.85. The number of nitrogens with zero attached hydrogens (tertiary/aromatic N) is 2. The van der Waals surface area contributed by atoms with E-state index in [-0.39, 0.29) is 16.6 Å². The summed E-state index contributed by atoms with van der Waals surface area (Å²) in [5.74, 6) is -1.70. The number of anilines is 1. The molecule has 0 bridgehead atoms. The van der Waals surface area contributed by atoms with Crippen LogP contribution in [0.5, 0.6) is 0 Å². The summed E-state index contributed by atoms with van der Waals surface area (Å²) >= 11 is 0. The fraction of sp³-hybridized carbons (Fsp3) is 0.353. The summed E-state index contributed by atoms with van der Waals surface area (Å²) in [5.41, 5.74) is 1.51. The number of carbonyl (C=O) groups excluding carboxylic acids is 2. The fourth-order valence-electron chi connectivity index (χ4n) is 2.94. The number of unbranched alkanes of at least 4 members (excludes halogenated alkanes) is 1. The van der Waals surface area contributed by atoms with Crippen LogP contribution in [0.1, 0.15) is 31.7 Å². The molecular formula is C17H16F3N3O2. The van der Waals surface area contributed by atoms with E-state index in [4.69, 9.17) is 0 Å². The second kappa shape index (κ2) is 6.34. The monoisotopic (exact) mass is 351 g/mol. The number of hydrazine groups is 1. The Hall–Kier alpha value is -2.64. The van der Waals surface area contributed by atoms with Crippen LogP contribution in [0.4, 0.5) is 18.9 Å². The van der Waals surface area contributed by atoms with Gasteiger partial charge in [0.05, 0.1) is 16.8 Å². The zero-order valence-corrected chi connectivity index (χ0v) is 13.4. The van der Waals surface area contributed by atoms with Gasteiger partial charge in [-0.15, -0.1) is 0 Å². The van der Waals surface area contributed by atoms with E-state index in [1.165, 1.54) is 24.4 Å². The smallest absolute Gasteiger partial charge is 0.272 e. The Balaban J connectivity index is 2.06. The van der Waals surface area contributed by atoms with Crippen molar-refractivity contribution < 1.29 is 22.8 Å². The lowest BCUT2D eigenvalue weighted by atomic mass is 10.0. The highest BCUT2D eigenvalue weighted by molar-refractivity contribution is 6.16. The maximum atomic E-state index is 13.2. The molecule has 0 radical (unpaired) electrons. The Morgan fingerprint density at radius 3 is 2.68 bits per heavy atom. The van der Waals surface area contributed by atoms with Crippen LogP contribution >= 0.6 is 0 Å². The van der Waals surface area contributed by atoms with Crippen molar-refractivity contribution in [1.82, 2.24) is 10.4 Å². The van der Waals surface area contributed by atoms with Crippen molar-refractivity contribution in [1.29, 1.82) is 0 Å². The van der Waals surface area contributed by atoms with Crippen molar-refractivity contribution in [3.63, 3.8) is 0 Å². The predicted octanol–water partition coefficient (Wildman–Crippen LogP) is 3.44. The normalized spacial score (nSPS) is 18.1. The van der Waals surface area contributed by atoms with E-state index in [0.29, 0.717) is 12.8 Å². The van der Waals surface area contributed by atoms with Gasteiger partial charge in [-0.1, -0.05) is 31.9 Å². The van der Waals surface area contributed by atoms with Crippen molar-refractivity contribution in [3.8, 4) is 0 Å². The van der Waals surface area contributed by atoms with Crippen LogP contribution in [0, 0.1) is 5.92 Å². The second-order valence-electron chi connectivity index (χ2n) is 5.87. The summed E-state index contributed by atoms with van der Waals surface area (Å²) in [4.78, 5) is 28.4. The molecule has 1 aliphatic heterocycles. The van der Waals surface area contributed by atoms with E-state index in [0.717, 1.165) is 17.5 Å². The van der Waals surface area contributed by atoms with Gasteiger partial charge < -0.3 is 0 Å². The number of carbonyl (C=O) groups is 2. The molecule has 0 aliphatic carbocycles. The molecule has 8 heteroatoms. The van der Waals surface area contributed by atoms with Gasteiger partial charge >= 0.3 is 6.18 Å². The lowest BCUT2D eigenvalue weighted by Gasteiger charge is -2.19. The summed E-state index contributed by atoms with van der Waals surface area (Å²) < 4.78 is 39.5. The number of hydrogen-bond acceptors (Lipinski definition) is 3. The van der Waals surface area contributed by atoms with E-state index in [1.807, 2.05) is 6.92 Å². The van der Waals surface area contributed by atoms with Crippen molar-refractivity contribution in [3.05, 3.63) is 36.0 Å².